The predicted octanol–water partition coefficient (Wildman–Crippen LogP) is 14.9. The van der Waals surface area contributed by atoms with E-state index in [1.54, 1.807) is 42.5 Å². The van der Waals surface area contributed by atoms with Crippen LogP contribution in [0.5, 0.6) is 0 Å². The van der Waals surface area contributed by atoms with Gasteiger partial charge in [-0.2, -0.15) is 26.3 Å². The molecule has 8 aromatic carbocycles. The van der Waals surface area contributed by atoms with Crippen LogP contribution >= 0.6 is 0 Å². The van der Waals surface area contributed by atoms with Crippen molar-refractivity contribution in [3.05, 3.63) is 211 Å². The first-order valence-electron chi connectivity index (χ1n) is 21.7. The van der Waals surface area contributed by atoms with Crippen LogP contribution in [-0.4, -0.2) is 34.5 Å². The third-order valence-electron chi connectivity index (χ3n) is 11.7. The Hall–Kier alpha value is -8.84. The van der Waals surface area contributed by atoms with Crippen molar-refractivity contribution in [3.8, 4) is 85.1 Å². The molecule has 0 bridgehead atoms. The number of nitrogens with zero attached hydrogens (tertiary/aromatic N) is 7. The number of alkyl halides is 6. The number of halogens is 6. The Morgan fingerprint density at radius 2 is 0.696 bits per heavy atom. The van der Waals surface area contributed by atoms with Gasteiger partial charge >= 0.3 is 12.4 Å². The summed E-state index contributed by atoms with van der Waals surface area (Å²) in [4.78, 5) is 29.1. The van der Waals surface area contributed by atoms with Crippen molar-refractivity contribution in [2.24, 2.45) is 0 Å². The van der Waals surface area contributed by atoms with Gasteiger partial charge in [0.25, 0.3) is 0 Å². The molecule has 7 nitrogen and oxygen atoms in total. The van der Waals surface area contributed by atoms with Gasteiger partial charge in [-0.3, -0.25) is 0 Å². The van der Waals surface area contributed by atoms with Crippen LogP contribution in [0.25, 0.3) is 107 Å². The molecule has 0 amide bonds. The second-order valence-electron chi connectivity index (χ2n) is 16.2. The molecule has 0 atom stereocenters. The summed E-state index contributed by atoms with van der Waals surface area (Å²) in [6.45, 7) is 0. The van der Waals surface area contributed by atoms with Crippen molar-refractivity contribution < 1.29 is 26.3 Å². The van der Waals surface area contributed by atoms with Gasteiger partial charge in [-0.1, -0.05) is 140 Å². The number of benzene rings is 8. The number of hydrogen-bond acceptors (Lipinski definition) is 6. The molecule has 0 fully saturated rings. The second kappa shape index (κ2) is 17.1. The van der Waals surface area contributed by atoms with Crippen LogP contribution < -0.4 is 0 Å². The van der Waals surface area contributed by atoms with Gasteiger partial charge in [-0.05, 0) is 71.8 Å². The number of aromatic nitrogens is 7. The normalized spacial score (nSPS) is 11.9. The summed E-state index contributed by atoms with van der Waals surface area (Å²) in [6, 6.07) is 57.3. The monoisotopic (exact) mass is 917 g/mol. The van der Waals surface area contributed by atoms with E-state index in [1.807, 2.05) is 144 Å². The van der Waals surface area contributed by atoms with E-state index in [9.17, 15) is 26.3 Å². The number of rotatable bonds is 8. The van der Waals surface area contributed by atoms with Gasteiger partial charge in [0.15, 0.2) is 34.9 Å². The van der Waals surface area contributed by atoms with Gasteiger partial charge in [-0.15, -0.1) is 0 Å². The molecular formula is C56H33F6N7. The van der Waals surface area contributed by atoms with E-state index < -0.39 is 23.5 Å². The van der Waals surface area contributed by atoms with Crippen molar-refractivity contribution in [1.82, 2.24) is 34.5 Å². The molecule has 0 radical (unpaired) electrons. The molecule has 334 valence electrons. The van der Waals surface area contributed by atoms with Crippen LogP contribution in [0.1, 0.15) is 11.1 Å². The van der Waals surface area contributed by atoms with Gasteiger partial charge < -0.3 is 4.57 Å². The summed E-state index contributed by atoms with van der Waals surface area (Å²) in [7, 11) is 0. The number of para-hydroxylation sites is 1. The van der Waals surface area contributed by atoms with Crippen molar-refractivity contribution in [1.29, 1.82) is 0 Å². The standard InChI is InChI=1S/C56H33F6N7/c57-55(58,59)40-29-39(30-41(32-40)56(60,61)62)45-33-42(26-27-44(45)54-67-51(36-19-9-3-10-20-36)64-52(68-54)37-21-11-4-12-22-37)69-47-24-14-13-23-43(47)46-31-38(25-28-48(46)69)53-65-49(34-15-5-1-6-16-34)63-50(66-53)35-17-7-2-8-18-35/h1-33H. The van der Waals surface area contributed by atoms with Gasteiger partial charge in [0.05, 0.1) is 22.2 Å². The highest BCUT2D eigenvalue weighted by molar-refractivity contribution is 6.10. The third-order valence-corrected chi connectivity index (χ3v) is 11.7. The number of fused-ring (bicyclic) bond motifs is 3. The zero-order chi connectivity index (χ0) is 47.3. The zero-order valence-corrected chi connectivity index (χ0v) is 36.0. The van der Waals surface area contributed by atoms with Gasteiger partial charge in [0, 0.05) is 49.8 Å². The molecule has 0 unspecified atom stereocenters. The van der Waals surface area contributed by atoms with Gasteiger partial charge in [0.1, 0.15) is 0 Å². The lowest BCUT2D eigenvalue weighted by atomic mass is 9.94. The van der Waals surface area contributed by atoms with E-state index in [0.717, 1.165) is 39.5 Å². The summed E-state index contributed by atoms with van der Waals surface area (Å²) < 4.78 is 89.3. The minimum Gasteiger partial charge on any atom is -0.309 e. The van der Waals surface area contributed by atoms with Gasteiger partial charge in [-0.25, -0.2) is 29.9 Å². The van der Waals surface area contributed by atoms with Crippen molar-refractivity contribution in [2.45, 2.75) is 12.4 Å². The largest absolute Gasteiger partial charge is 0.416 e. The lowest BCUT2D eigenvalue weighted by Crippen LogP contribution is -2.11. The number of hydrogen-bond donors (Lipinski definition) is 0. The summed E-state index contributed by atoms with van der Waals surface area (Å²) in [6.07, 6.45) is -10.2. The Balaban J connectivity index is 1.14. The van der Waals surface area contributed by atoms with E-state index >= 15 is 0 Å². The molecule has 69 heavy (non-hydrogen) atoms. The average molecular weight is 918 g/mol. The second-order valence-corrected chi connectivity index (χ2v) is 16.2. The van der Waals surface area contributed by atoms with Crippen molar-refractivity contribution in [2.75, 3.05) is 0 Å². The molecule has 0 saturated carbocycles. The molecule has 3 aromatic heterocycles. The fourth-order valence-corrected chi connectivity index (χ4v) is 8.47. The molecule has 0 aliphatic heterocycles. The highest BCUT2D eigenvalue weighted by Gasteiger charge is 2.37. The van der Waals surface area contributed by atoms with Crippen molar-refractivity contribution >= 4 is 21.8 Å². The summed E-state index contributed by atoms with van der Waals surface area (Å²) >= 11 is 0. The third kappa shape index (κ3) is 8.35. The minimum atomic E-state index is -5.10. The van der Waals surface area contributed by atoms with E-state index in [4.69, 9.17) is 29.9 Å². The molecule has 0 N–H and O–H groups in total. The highest BCUT2D eigenvalue weighted by atomic mass is 19.4. The summed E-state index contributed by atoms with van der Waals surface area (Å²) in [5.41, 5.74) is 2.43. The zero-order valence-electron chi connectivity index (χ0n) is 36.0. The topological polar surface area (TPSA) is 82.3 Å². The molecule has 11 aromatic rings. The van der Waals surface area contributed by atoms with Gasteiger partial charge in [0.2, 0.25) is 0 Å². The maximum Gasteiger partial charge on any atom is 0.416 e. The van der Waals surface area contributed by atoms with E-state index in [0.29, 0.717) is 45.4 Å². The SMILES string of the molecule is FC(F)(F)c1cc(-c2cc(-n3c4ccccc4c4cc(-c5nc(-c6ccccc6)nc(-c6ccccc6)n5)ccc43)ccc2-c2nc(-c3ccccc3)nc(-c3ccccc3)n2)cc(C(F)(F)F)c1. The Bertz CT molecular complexity index is 3540. The van der Waals surface area contributed by atoms with Crippen LogP contribution in [0, 0.1) is 0 Å². The summed E-state index contributed by atoms with van der Waals surface area (Å²) in [5, 5.41) is 1.63. The molecule has 0 saturated heterocycles. The first-order valence-corrected chi connectivity index (χ1v) is 21.7. The first-order chi connectivity index (χ1) is 33.4. The molecule has 13 heteroatoms. The molecular weight excluding hydrogens is 885 g/mol. The fraction of sp³-hybridized carbons (Fsp3) is 0.0357. The lowest BCUT2D eigenvalue weighted by molar-refractivity contribution is -0.143. The molecule has 11 rings (SSSR count). The smallest absolute Gasteiger partial charge is 0.309 e. The maximum absolute atomic E-state index is 14.6. The van der Waals surface area contributed by atoms with Crippen LogP contribution in [0.3, 0.4) is 0 Å². The first kappa shape index (κ1) is 42.8. The van der Waals surface area contributed by atoms with E-state index in [1.165, 1.54) is 0 Å². The Labute approximate surface area is 390 Å². The summed E-state index contributed by atoms with van der Waals surface area (Å²) in [5.74, 6) is 1.98. The molecule has 3 heterocycles. The minimum absolute atomic E-state index is 0.0305. The molecule has 0 spiro atoms. The predicted molar refractivity (Wildman–Crippen MR) is 256 cm³/mol. The Morgan fingerprint density at radius 1 is 0.290 bits per heavy atom. The lowest BCUT2D eigenvalue weighted by Gasteiger charge is -2.18. The fourth-order valence-electron chi connectivity index (χ4n) is 8.47. The highest BCUT2D eigenvalue weighted by Crippen LogP contribution is 2.43. The van der Waals surface area contributed by atoms with Crippen molar-refractivity contribution in [3.63, 3.8) is 0 Å². The van der Waals surface area contributed by atoms with Crippen LogP contribution in [0.15, 0.2) is 200 Å². The van der Waals surface area contributed by atoms with Crippen LogP contribution in [0.4, 0.5) is 26.3 Å². The molecule has 0 aliphatic carbocycles. The average Bonchev–Trinajstić information content (AvgIpc) is 3.72. The Kier molecular flexibility index (Phi) is 10.6. The maximum atomic E-state index is 14.6. The van der Waals surface area contributed by atoms with Crippen LogP contribution in [-0.2, 0) is 12.4 Å². The van der Waals surface area contributed by atoms with E-state index in [2.05, 4.69) is 0 Å². The Morgan fingerprint density at radius 3 is 1.16 bits per heavy atom. The quantitative estimate of drug-likeness (QED) is 0.141. The van der Waals surface area contributed by atoms with Crippen LogP contribution in [0.2, 0.25) is 0 Å². The molecule has 0 aliphatic rings. The van der Waals surface area contributed by atoms with E-state index in [-0.39, 0.29) is 40.2 Å².